The molecule has 0 saturated carbocycles. The van der Waals surface area contributed by atoms with Gasteiger partial charge in [-0.3, -0.25) is 57.8 Å². The highest BCUT2D eigenvalue weighted by Crippen LogP contribution is 2.08. The molecule has 0 radical (unpaired) electrons. The van der Waals surface area contributed by atoms with E-state index < -0.39 is 75.8 Å². The van der Waals surface area contributed by atoms with Gasteiger partial charge in [-0.25, -0.2) is 0 Å². The van der Waals surface area contributed by atoms with E-state index in [9.17, 15) is 68.8 Å². The van der Waals surface area contributed by atoms with E-state index in [0.717, 1.165) is 24.3 Å². The van der Waals surface area contributed by atoms with Crippen LogP contribution in [0.4, 0.5) is 0 Å². The zero-order valence-electron chi connectivity index (χ0n) is 36.4. The lowest BCUT2D eigenvalue weighted by Gasteiger charge is -2.24. The van der Waals surface area contributed by atoms with E-state index in [1.54, 1.807) is 4.90 Å². The Morgan fingerprint density at radius 1 is 0.529 bits per heavy atom. The number of unbranched alkanes of at least 4 members (excludes halogenated alkanes) is 1. The van der Waals surface area contributed by atoms with Gasteiger partial charge in [-0.2, -0.15) is 0 Å². The normalized spacial score (nSPS) is 11.6. The molecule has 4 aromatic heterocycles. The van der Waals surface area contributed by atoms with Gasteiger partial charge in [0, 0.05) is 76.4 Å². The van der Waals surface area contributed by atoms with E-state index in [1.807, 2.05) is 0 Å². The summed E-state index contributed by atoms with van der Waals surface area (Å²) in [6, 6.07) is 12.9. The number of amides is 5. The van der Waals surface area contributed by atoms with Crippen molar-refractivity contribution in [3.8, 4) is 0 Å². The Bertz CT molecular complexity index is 2650. The first-order valence-electron chi connectivity index (χ1n) is 21.0. The summed E-state index contributed by atoms with van der Waals surface area (Å²) in [4.78, 5) is 130. The second kappa shape index (κ2) is 25.8. The smallest absolute Gasteiger partial charge is 0.303 e. The third-order valence-corrected chi connectivity index (χ3v) is 9.98. The fourth-order valence-corrected chi connectivity index (χ4v) is 6.41. The minimum Gasteiger partial charge on any atom is -0.481 e. The average molecular weight is 950 g/mol. The number of hydrogen-bond donors (Lipinski definition) is 10. The van der Waals surface area contributed by atoms with E-state index >= 15 is 0 Å². The Labute approximate surface area is 384 Å². The number of aliphatic imine (C=N–C) groups is 1. The molecule has 1 unspecified atom stereocenters. The fourth-order valence-electron chi connectivity index (χ4n) is 6.41. The van der Waals surface area contributed by atoms with Crippen molar-refractivity contribution < 1.29 is 54.7 Å². The van der Waals surface area contributed by atoms with Crippen LogP contribution in [0.3, 0.4) is 0 Å². The molecular weight excluding hydrogens is 899 g/mol. The number of carboxylic acid groups (broad SMARTS) is 1. The van der Waals surface area contributed by atoms with Crippen LogP contribution < -0.4 is 48.8 Å². The quantitative estimate of drug-likeness (QED) is 0.0184. The Kier molecular flexibility index (Phi) is 19.8. The molecule has 0 fully saturated rings. The Morgan fingerprint density at radius 3 is 1.43 bits per heavy atom. The molecule has 4 heterocycles. The molecule has 68 heavy (non-hydrogen) atoms. The highest BCUT2D eigenvalue weighted by Gasteiger charge is 2.24. The van der Waals surface area contributed by atoms with E-state index in [-0.39, 0.29) is 113 Å². The van der Waals surface area contributed by atoms with Crippen molar-refractivity contribution in [2.45, 2.75) is 44.6 Å². The van der Waals surface area contributed by atoms with Crippen LogP contribution in [-0.2, 0) is 9.59 Å². The maximum absolute atomic E-state index is 13.6. The maximum atomic E-state index is 13.6. The molecule has 26 nitrogen and oxygen atoms in total. The first-order chi connectivity index (χ1) is 32.5. The van der Waals surface area contributed by atoms with Crippen LogP contribution in [0.25, 0.3) is 0 Å². The van der Waals surface area contributed by atoms with Gasteiger partial charge in [0.25, 0.3) is 45.9 Å². The topological polar surface area (TPSA) is 367 Å². The molecule has 0 aliphatic carbocycles. The van der Waals surface area contributed by atoms with Gasteiger partial charge in [0.15, 0.2) is 0 Å². The number of carbonyl (C=O) groups excluding carboxylic acids is 5. The van der Waals surface area contributed by atoms with Gasteiger partial charge in [0.05, 0.1) is 24.8 Å². The van der Waals surface area contributed by atoms with Crippen molar-refractivity contribution >= 4 is 41.2 Å². The molecule has 364 valence electrons. The molecule has 0 aliphatic heterocycles. The van der Waals surface area contributed by atoms with Gasteiger partial charge in [-0.05, 0) is 49.9 Å². The molecule has 0 aromatic carbocycles. The number of nitrogens with zero attached hydrogens (tertiary/aromatic N) is 6. The van der Waals surface area contributed by atoms with Gasteiger partial charge < -0.3 is 52.5 Å². The Morgan fingerprint density at radius 2 is 0.971 bits per heavy atom. The molecule has 10 N–H and O–H groups in total. The Hall–Kier alpha value is -8.55. The number of aliphatic carboxylic acids is 1. The molecule has 0 bridgehead atoms. The lowest BCUT2D eigenvalue weighted by Crippen LogP contribution is -2.47. The first-order valence-corrected chi connectivity index (χ1v) is 21.0. The summed E-state index contributed by atoms with van der Waals surface area (Å²) in [6.07, 6.45) is 0.642. The van der Waals surface area contributed by atoms with Crippen molar-refractivity contribution in [2.24, 2.45) is 4.99 Å². The first kappa shape index (κ1) is 52.1. The van der Waals surface area contributed by atoms with E-state index in [2.05, 4.69) is 26.6 Å². The zero-order chi connectivity index (χ0) is 49.8. The van der Waals surface area contributed by atoms with Gasteiger partial charge in [-0.15, -0.1) is 18.9 Å². The summed E-state index contributed by atoms with van der Waals surface area (Å²) in [7, 11) is 0. The molecule has 0 spiro atoms. The number of pyridine rings is 4. The van der Waals surface area contributed by atoms with Gasteiger partial charge in [-0.1, -0.05) is 24.3 Å². The number of rotatable bonds is 26. The Balaban J connectivity index is 1.61. The predicted molar refractivity (Wildman–Crippen MR) is 237 cm³/mol. The minimum atomic E-state index is -1.06. The van der Waals surface area contributed by atoms with Crippen LogP contribution >= 0.6 is 0 Å². The number of aromatic nitrogens is 4. The number of nitrogens with one attached hydrogen (secondary N) is 5. The van der Waals surface area contributed by atoms with Crippen molar-refractivity contribution in [3.63, 3.8) is 0 Å². The lowest BCUT2D eigenvalue weighted by molar-refractivity contribution is -0.137. The summed E-state index contributed by atoms with van der Waals surface area (Å²) in [6.45, 7) is -0.342. The van der Waals surface area contributed by atoms with Gasteiger partial charge in [0.1, 0.15) is 22.8 Å². The molecule has 0 aliphatic rings. The summed E-state index contributed by atoms with van der Waals surface area (Å²) in [5.41, 5.74) is -4.99. The third-order valence-electron chi connectivity index (χ3n) is 9.98. The van der Waals surface area contributed by atoms with Crippen LogP contribution in [0.5, 0.6) is 0 Å². The SMILES string of the molecule is O=C(O)CCCC(=O)NCCCCC(NC(=O)c1cccc(=O)n1O)C(CNC(=O)c1cccc(=O)n1O)=NCCN(CCNC(=O)c1cccc(=O)n1O)CCNC(=O)c1cccc(=O)n1O. The van der Waals surface area contributed by atoms with Crippen molar-refractivity contribution in [2.75, 3.05) is 52.4 Å². The number of carbonyl (C=O) groups is 6. The molecule has 4 rings (SSSR count). The average Bonchev–Trinajstić information content (AvgIpc) is 3.30. The second-order valence-corrected chi connectivity index (χ2v) is 14.8. The molecule has 0 saturated heterocycles. The van der Waals surface area contributed by atoms with E-state index in [1.165, 1.54) is 48.5 Å². The van der Waals surface area contributed by atoms with Crippen LogP contribution in [0.15, 0.2) is 97.0 Å². The third kappa shape index (κ3) is 15.6. The maximum Gasteiger partial charge on any atom is 0.303 e. The van der Waals surface area contributed by atoms with Crippen molar-refractivity contribution in [1.82, 2.24) is 50.4 Å². The van der Waals surface area contributed by atoms with Gasteiger partial charge >= 0.3 is 5.97 Å². The minimum absolute atomic E-state index is 0.0177. The zero-order valence-corrected chi connectivity index (χ0v) is 36.4. The second-order valence-electron chi connectivity index (χ2n) is 14.8. The number of carboxylic acids is 1. The molecule has 4 aromatic rings. The summed E-state index contributed by atoms with van der Waals surface area (Å²) in [5, 5.41) is 62.7. The van der Waals surface area contributed by atoms with Crippen molar-refractivity contribution in [3.05, 3.63) is 137 Å². The molecular formula is C42H51N11O15. The fraction of sp³-hybridized carbons (Fsp3) is 0.357. The summed E-state index contributed by atoms with van der Waals surface area (Å²) < 4.78 is 0.604. The lowest BCUT2D eigenvalue weighted by atomic mass is 10.0. The summed E-state index contributed by atoms with van der Waals surface area (Å²) >= 11 is 0. The van der Waals surface area contributed by atoms with E-state index in [0.29, 0.717) is 12.8 Å². The highest BCUT2D eigenvalue weighted by atomic mass is 16.5. The molecule has 26 heteroatoms. The van der Waals surface area contributed by atoms with E-state index in [4.69, 9.17) is 10.1 Å². The highest BCUT2D eigenvalue weighted by molar-refractivity contribution is 6.01. The van der Waals surface area contributed by atoms with Gasteiger partial charge in [0.2, 0.25) is 5.91 Å². The largest absolute Gasteiger partial charge is 0.481 e. The van der Waals surface area contributed by atoms with Crippen LogP contribution in [0, 0.1) is 0 Å². The monoisotopic (exact) mass is 949 g/mol. The summed E-state index contributed by atoms with van der Waals surface area (Å²) in [5.74, 6) is -4.87. The molecule has 5 amide bonds. The van der Waals surface area contributed by atoms with Crippen molar-refractivity contribution in [1.29, 1.82) is 0 Å². The number of hydrogen-bond acceptors (Lipinski definition) is 16. The standard InChI is InChI=1S/C42H51N11O15/c54-33(13-7-18-38(59)60)44-19-2-1-8-27(48-42(64)32-12-6-17-37(58)53(32)68)28(26-47-41(63)31-11-5-16-36(57)52(31)67)43-20-23-49(24-21-45-39(61)29-9-3-14-34(55)50(29)65)25-22-46-40(62)30-10-4-15-35(56)51(30)66/h3-6,9-12,14-17,27,65-68H,1-2,7-8,13,18-26H2,(H,44,54)(H,45,61)(H,46,62)(H,47,63)(H,48,64)(H,59,60). The van der Waals surface area contributed by atoms with Crippen LogP contribution in [0.2, 0.25) is 0 Å². The molecule has 1 atom stereocenters. The van der Waals surface area contributed by atoms with Crippen LogP contribution in [-0.4, -0.2) is 149 Å². The van der Waals surface area contributed by atoms with Crippen LogP contribution in [0.1, 0.15) is 80.5 Å². The predicted octanol–water partition coefficient (Wildman–Crippen LogP) is -2.04.